The minimum atomic E-state index is -0.224. The number of aromatic hydroxyl groups is 2. The zero-order chi connectivity index (χ0) is 17.8. The fraction of sp³-hybridized carbons (Fsp3) is 0.579. The van der Waals surface area contributed by atoms with Crippen molar-refractivity contribution >= 4 is 11.8 Å². The lowest BCUT2D eigenvalue weighted by molar-refractivity contribution is -0.136. The predicted molar refractivity (Wildman–Crippen MR) is 93.4 cm³/mol. The molecule has 3 rings (SSSR count). The number of nitrogens with zero attached hydrogens (tertiary/aromatic N) is 2. The molecule has 2 aliphatic rings. The Labute approximate surface area is 148 Å². The van der Waals surface area contributed by atoms with Crippen molar-refractivity contribution in [3.63, 3.8) is 0 Å². The van der Waals surface area contributed by atoms with Crippen molar-refractivity contribution in [2.24, 2.45) is 5.92 Å². The molecule has 25 heavy (non-hydrogen) atoms. The van der Waals surface area contributed by atoms with Gasteiger partial charge in [0.05, 0.1) is 0 Å². The van der Waals surface area contributed by atoms with Gasteiger partial charge in [0.25, 0.3) is 5.91 Å². The second kappa shape index (κ2) is 7.76. The highest BCUT2D eigenvalue weighted by Crippen LogP contribution is 2.26. The van der Waals surface area contributed by atoms with E-state index in [0.29, 0.717) is 26.2 Å². The average molecular weight is 346 g/mol. The van der Waals surface area contributed by atoms with Gasteiger partial charge >= 0.3 is 0 Å². The van der Waals surface area contributed by atoms with Crippen LogP contribution in [0, 0.1) is 5.92 Å². The van der Waals surface area contributed by atoms with Gasteiger partial charge in [-0.15, -0.1) is 0 Å². The van der Waals surface area contributed by atoms with Crippen LogP contribution in [0.2, 0.25) is 0 Å². The molecule has 0 bridgehead atoms. The second-order valence-electron chi connectivity index (χ2n) is 7.04. The number of phenolic OH excluding ortho intramolecular Hbond substituents is 2. The average Bonchev–Trinajstić information content (AvgIpc) is 2.86. The van der Waals surface area contributed by atoms with Gasteiger partial charge in [0.15, 0.2) is 0 Å². The molecule has 0 atom stereocenters. The van der Waals surface area contributed by atoms with Crippen molar-refractivity contribution in [1.82, 2.24) is 9.80 Å². The standard InChI is InChI=1S/C19H26N2O4/c22-16-11-15(12-17(23)13-16)19(25)21-8-4-7-20(9-10-21)18(24)14-5-2-1-3-6-14/h11-14,22-23H,1-10H2. The van der Waals surface area contributed by atoms with Gasteiger partial charge in [-0.2, -0.15) is 0 Å². The van der Waals surface area contributed by atoms with E-state index in [0.717, 1.165) is 32.1 Å². The number of carbonyl (C=O) groups excluding carboxylic acids is 2. The Hall–Kier alpha value is -2.24. The van der Waals surface area contributed by atoms with E-state index in [-0.39, 0.29) is 34.8 Å². The molecule has 2 fully saturated rings. The first-order valence-corrected chi connectivity index (χ1v) is 9.15. The highest BCUT2D eigenvalue weighted by Gasteiger charge is 2.28. The Morgan fingerprint density at radius 2 is 1.40 bits per heavy atom. The smallest absolute Gasteiger partial charge is 0.254 e. The molecular weight excluding hydrogens is 320 g/mol. The number of carbonyl (C=O) groups is 2. The molecule has 1 aliphatic carbocycles. The molecule has 1 aliphatic heterocycles. The third-order valence-electron chi connectivity index (χ3n) is 5.20. The molecule has 1 aromatic carbocycles. The number of amides is 2. The summed E-state index contributed by atoms with van der Waals surface area (Å²) >= 11 is 0. The van der Waals surface area contributed by atoms with Crippen molar-refractivity contribution in [3.05, 3.63) is 23.8 Å². The fourth-order valence-corrected chi connectivity index (χ4v) is 3.85. The lowest BCUT2D eigenvalue weighted by atomic mass is 9.88. The number of benzene rings is 1. The van der Waals surface area contributed by atoms with Gasteiger partial charge in [-0.3, -0.25) is 9.59 Å². The molecule has 0 aromatic heterocycles. The van der Waals surface area contributed by atoms with Crippen molar-refractivity contribution in [1.29, 1.82) is 0 Å². The van der Waals surface area contributed by atoms with Gasteiger partial charge in [-0.1, -0.05) is 19.3 Å². The van der Waals surface area contributed by atoms with E-state index < -0.39 is 0 Å². The highest BCUT2D eigenvalue weighted by atomic mass is 16.3. The van der Waals surface area contributed by atoms with E-state index in [1.54, 1.807) is 4.90 Å². The summed E-state index contributed by atoms with van der Waals surface area (Å²) < 4.78 is 0. The first-order chi connectivity index (χ1) is 12.0. The van der Waals surface area contributed by atoms with E-state index in [1.807, 2.05) is 4.90 Å². The van der Waals surface area contributed by atoms with Gasteiger partial charge < -0.3 is 20.0 Å². The summed E-state index contributed by atoms with van der Waals surface area (Å²) in [6, 6.07) is 3.92. The first-order valence-electron chi connectivity index (χ1n) is 9.15. The van der Waals surface area contributed by atoms with Crippen LogP contribution >= 0.6 is 0 Å². The molecule has 136 valence electrons. The number of hydrogen-bond acceptors (Lipinski definition) is 4. The Kier molecular flexibility index (Phi) is 5.46. The Morgan fingerprint density at radius 1 is 0.800 bits per heavy atom. The van der Waals surface area contributed by atoms with Crippen LogP contribution in [0.4, 0.5) is 0 Å². The maximum atomic E-state index is 12.7. The van der Waals surface area contributed by atoms with E-state index >= 15 is 0 Å². The summed E-state index contributed by atoms with van der Waals surface area (Å²) in [5.74, 6) is -0.0965. The first kappa shape index (κ1) is 17.6. The highest BCUT2D eigenvalue weighted by molar-refractivity contribution is 5.95. The molecule has 2 N–H and O–H groups in total. The molecule has 1 aromatic rings. The van der Waals surface area contributed by atoms with Gasteiger partial charge in [0.2, 0.25) is 5.91 Å². The molecule has 1 saturated heterocycles. The van der Waals surface area contributed by atoms with Crippen LogP contribution in [-0.2, 0) is 4.79 Å². The molecule has 6 heteroatoms. The van der Waals surface area contributed by atoms with E-state index in [9.17, 15) is 19.8 Å². The summed E-state index contributed by atoms with van der Waals surface area (Å²) in [5.41, 5.74) is 0.268. The predicted octanol–water partition coefficient (Wildman–Crippen LogP) is 2.35. The third kappa shape index (κ3) is 4.24. The second-order valence-corrected chi connectivity index (χ2v) is 7.04. The Balaban J connectivity index is 1.62. The van der Waals surface area contributed by atoms with Crippen LogP contribution < -0.4 is 0 Å². The maximum Gasteiger partial charge on any atom is 0.254 e. The van der Waals surface area contributed by atoms with E-state index in [4.69, 9.17) is 0 Å². The third-order valence-corrected chi connectivity index (χ3v) is 5.20. The minimum Gasteiger partial charge on any atom is -0.508 e. The molecule has 0 radical (unpaired) electrons. The Morgan fingerprint density at radius 3 is 2.08 bits per heavy atom. The zero-order valence-electron chi connectivity index (χ0n) is 14.5. The number of rotatable bonds is 2. The normalized spacial score (nSPS) is 19.5. The van der Waals surface area contributed by atoms with Crippen molar-refractivity contribution in [2.75, 3.05) is 26.2 Å². The molecule has 2 amide bonds. The summed E-state index contributed by atoms with van der Waals surface area (Å²) in [5, 5.41) is 19.1. The lowest BCUT2D eigenvalue weighted by Gasteiger charge is -2.28. The van der Waals surface area contributed by atoms with Crippen LogP contribution in [-0.4, -0.2) is 58.0 Å². The van der Waals surface area contributed by atoms with Crippen LogP contribution in [0.5, 0.6) is 11.5 Å². The van der Waals surface area contributed by atoms with Gasteiger partial charge in [-0.05, 0) is 31.4 Å². The molecular formula is C19H26N2O4. The largest absolute Gasteiger partial charge is 0.508 e. The van der Waals surface area contributed by atoms with Gasteiger partial charge in [-0.25, -0.2) is 0 Å². The molecule has 1 saturated carbocycles. The topological polar surface area (TPSA) is 81.1 Å². The zero-order valence-corrected chi connectivity index (χ0v) is 14.5. The monoisotopic (exact) mass is 346 g/mol. The number of phenols is 2. The number of hydrogen-bond donors (Lipinski definition) is 2. The van der Waals surface area contributed by atoms with Crippen molar-refractivity contribution in [3.8, 4) is 11.5 Å². The SMILES string of the molecule is O=C(c1cc(O)cc(O)c1)N1CCCN(C(=O)C2CCCCC2)CC1. The lowest BCUT2D eigenvalue weighted by Crippen LogP contribution is -2.40. The maximum absolute atomic E-state index is 12.7. The van der Waals surface area contributed by atoms with Gasteiger partial charge in [0.1, 0.15) is 11.5 Å². The van der Waals surface area contributed by atoms with Crippen LogP contribution in [0.3, 0.4) is 0 Å². The quantitative estimate of drug-likeness (QED) is 0.861. The molecule has 0 spiro atoms. The van der Waals surface area contributed by atoms with Crippen molar-refractivity contribution < 1.29 is 19.8 Å². The Bertz CT molecular complexity index is 620. The summed E-state index contributed by atoms with van der Waals surface area (Å²) in [6.07, 6.45) is 6.21. The molecule has 1 heterocycles. The van der Waals surface area contributed by atoms with E-state index in [1.165, 1.54) is 24.6 Å². The molecule has 0 unspecified atom stereocenters. The van der Waals surface area contributed by atoms with Crippen LogP contribution in [0.15, 0.2) is 18.2 Å². The molecule has 6 nitrogen and oxygen atoms in total. The summed E-state index contributed by atoms with van der Waals surface area (Å²) in [7, 11) is 0. The summed E-state index contributed by atoms with van der Waals surface area (Å²) in [6.45, 7) is 2.29. The summed E-state index contributed by atoms with van der Waals surface area (Å²) in [4.78, 5) is 28.9. The van der Waals surface area contributed by atoms with Gasteiger partial charge in [0, 0.05) is 43.7 Å². The van der Waals surface area contributed by atoms with E-state index in [2.05, 4.69) is 0 Å². The van der Waals surface area contributed by atoms with Crippen LogP contribution in [0.25, 0.3) is 0 Å². The van der Waals surface area contributed by atoms with Crippen molar-refractivity contribution in [2.45, 2.75) is 38.5 Å². The van der Waals surface area contributed by atoms with Crippen LogP contribution in [0.1, 0.15) is 48.9 Å². The fourth-order valence-electron chi connectivity index (χ4n) is 3.85. The minimum absolute atomic E-state index is 0.132.